The van der Waals surface area contributed by atoms with E-state index in [1.54, 1.807) is 6.08 Å². The Kier molecular flexibility index (Phi) is 5.55. The highest BCUT2D eigenvalue weighted by molar-refractivity contribution is 6.01. The van der Waals surface area contributed by atoms with Crippen molar-refractivity contribution in [3.8, 4) is 11.5 Å². The van der Waals surface area contributed by atoms with Crippen molar-refractivity contribution < 1.29 is 34.1 Å². The smallest absolute Gasteiger partial charge is 0.341 e. The molecule has 1 aromatic carbocycles. The van der Waals surface area contributed by atoms with Crippen LogP contribution in [0.3, 0.4) is 0 Å². The Bertz CT molecular complexity index is 1050. The fraction of sp³-hybridized carbons (Fsp3) is 0.560. The third-order valence-electron chi connectivity index (χ3n) is 7.79. The number of anilines is 1. The summed E-state index contributed by atoms with van der Waals surface area (Å²) >= 11 is 0. The molecule has 1 amide bonds. The second kappa shape index (κ2) is 7.87. The third kappa shape index (κ3) is 3.80. The molecule has 2 bridgehead atoms. The minimum atomic E-state index is -0.796. The Labute approximate surface area is 193 Å². The second-order valence-electron chi connectivity index (χ2n) is 10.3. The Morgan fingerprint density at radius 1 is 1.24 bits per heavy atom. The first-order valence-electron chi connectivity index (χ1n) is 11.3. The zero-order valence-electron chi connectivity index (χ0n) is 19.4. The zero-order chi connectivity index (χ0) is 24.2. The van der Waals surface area contributed by atoms with Crippen LogP contribution in [0, 0.1) is 16.7 Å². The number of ether oxygens (including phenoxy) is 2. The van der Waals surface area contributed by atoms with Gasteiger partial charge in [0.1, 0.15) is 17.0 Å². The summed E-state index contributed by atoms with van der Waals surface area (Å²) in [5.74, 6) is -2.30. The number of nitrogens with one attached hydrogen (secondary N) is 1. The molecule has 0 saturated carbocycles. The van der Waals surface area contributed by atoms with Crippen molar-refractivity contribution in [1.29, 1.82) is 0 Å². The average Bonchev–Trinajstić information content (AvgIpc) is 3.07. The number of rotatable bonds is 5. The van der Waals surface area contributed by atoms with Crippen LogP contribution in [0.15, 0.2) is 24.3 Å². The van der Waals surface area contributed by atoms with Gasteiger partial charge in [-0.15, -0.1) is 0 Å². The number of carbonyl (C=O) groups excluding carboxylic acids is 3. The van der Waals surface area contributed by atoms with E-state index in [-0.39, 0.29) is 58.7 Å². The van der Waals surface area contributed by atoms with E-state index < -0.39 is 23.0 Å². The summed E-state index contributed by atoms with van der Waals surface area (Å²) < 4.78 is 11.0. The summed E-state index contributed by atoms with van der Waals surface area (Å²) in [6.45, 7) is 6.21. The molecule has 0 radical (unpaired) electrons. The van der Waals surface area contributed by atoms with Gasteiger partial charge in [-0.05, 0) is 56.2 Å². The van der Waals surface area contributed by atoms with Crippen molar-refractivity contribution in [2.75, 3.05) is 12.4 Å². The minimum absolute atomic E-state index is 0.00597. The van der Waals surface area contributed by atoms with Gasteiger partial charge in [0.25, 0.3) is 0 Å². The normalized spacial score (nSPS) is 34.6. The molecule has 0 aromatic heterocycles. The number of hydrogen-bond acceptors (Lipinski definition) is 7. The van der Waals surface area contributed by atoms with E-state index in [9.17, 15) is 24.6 Å². The van der Waals surface area contributed by atoms with Crippen molar-refractivity contribution in [1.82, 2.24) is 0 Å². The zero-order valence-corrected chi connectivity index (χ0v) is 19.4. The summed E-state index contributed by atoms with van der Waals surface area (Å²) in [6.07, 6.45) is 6.59. The summed E-state index contributed by atoms with van der Waals surface area (Å²) in [5.41, 5.74) is -1.60. The third-order valence-corrected chi connectivity index (χ3v) is 7.79. The number of phenols is 2. The van der Waals surface area contributed by atoms with E-state index in [4.69, 9.17) is 4.74 Å². The highest BCUT2D eigenvalue weighted by Crippen LogP contribution is 2.61. The van der Waals surface area contributed by atoms with Crippen molar-refractivity contribution in [3.63, 3.8) is 0 Å². The van der Waals surface area contributed by atoms with Crippen LogP contribution in [-0.2, 0) is 19.1 Å². The standard InChI is InChI=1S/C25H31NO7/c1-23-10-8-17(28)25(3,21(23)16-7-11-24(2,13-23)33-16)12-9-18(29)26-19-15(27)6-5-14(20(19)30)22(31)32-4/h5-6,8,10,16,21,27,30H,7,9,11-13H2,1-4H3,(H,26,29)/t16?,21?,23?,24?,25-/m1/s1. The van der Waals surface area contributed by atoms with Gasteiger partial charge in [0.15, 0.2) is 11.5 Å². The predicted octanol–water partition coefficient (Wildman–Crippen LogP) is 3.71. The molecule has 0 spiro atoms. The number of benzene rings is 1. The number of carbonyl (C=O) groups is 3. The molecule has 4 unspecified atom stereocenters. The molecule has 8 nitrogen and oxygen atoms in total. The molecule has 2 aliphatic heterocycles. The Morgan fingerprint density at radius 3 is 2.67 bits per heavy atom. The van der Waals surface area contributed by atoms with Gasteiger partial charge in [-0.3, -0.25) is 9.59 Å². The summed E-state index contributed by atoms with van der Waals surface area (Å²) in [6, 6.07) is 2.40. The number of amides is 1. The van der Waals surface area contributed by atoms with Gasteiger partial charge in [0.2, 0.25) is 5.91 Å². The average molecular weight is 458 g/mol. The highest BCUT2D eigenvalue weighted by Gasteiger charge is 2.62. The fourth-order valence-corrected chi connectivity index (χ4v) is 6.38. The van der Waals surface area contributed by atoms with Gasteiger partial charge < -0.3 is 25.0 Å². The Morgan fingerprint density at radius 2 is 1.97 bits per heavy atom. The molecular weight excluding hydrogens is 426 g/mol. The quantitative estimate of drug-likeness (QED) is 0.455. The van der Waals surface area contributed by atoms with Gasteiger partial charge in [-0.25, -0.2) is 4.79 Å². The van der Waals surface area contributed by atoms with Crippen LogP contribution in [0.1, 0.15) is 63.2 Å². The lowest BCUT2D eigenvalue weighted by Crippen LogP contribution is -2.57. The summed E-state index contributed by atoms with van der Waals surface area (Å²) in [7, 11) is 1.17. The summed E-state index contributed by atoms with van der Waals surface area (Å²) in [4.78, 5) is 37.7. The molecule has 33 heavy (non-hydrogen) atoms. The van der Waals surface area contributed by atoms with Gasteiger partial charge in [0, 0.05) is 17.8 Å². The molecular formula is C25H31NO7. The Hall–Kier alpha value is -2.87. The van der Waals surface area contributed by atoms with Gasteiger partial charge in [-0.2, -0.15) is 0 Å². The molecule has 5 atom stereocenters. The first-order valence-corrected chi connectivity index (χ1v) is 11.3. The van der Waals surface area contributed by atoms with Gasteiger partial charge in [0.05, 0.1) is 18.8 Å². The number of methoxy groups -OCH3 is 1. The maximum absolute atomic E-state index is 13.1. The number of esters is 1. The van der Waals surface area contributed by atoms with E-state index in [0.29, 0.717) is 0 Å². The van der Waals surface area contributed by atoms with E-state index in [0.717, 1.165) is 19.3 Å². The SMILES string of the molecule is COC(=O)c1ccc(O)c(NC(=O)CC[C@]2(C)C(=O)C=CC3(C)CC4(C)CCC(O4)C32)c1O. The maximum Gasteiger partial charge on any atom is 0.341 e. The Balaban J connectivity index is 1.53. The first kappa shape index (κ1) is 23.3. The predicted molar refractivity (Wildman–Crippen MR) is 120 cm³/mol. The van der Waals surface area contributed by atoms with E-state index in [1.807, 2.05) is 13.0 Å². The second-order valence-corrected chi connectivity index (χ2v) is 10.3. The molecule has 3 aliphatic rings. The molecule has 2 fully saturated rings. The first-order chi connectivity index (χ1) is 15.4. The lowest BCUT2D eigenvalue weighted by molar-refractivity contribution is -0.179. The minimum Gasteiger partial charge on any atom is -0.506 e. The number of ketones is 1. The van der Waals surface area contributed by atoms with Crippen molar-refractivity contribution >= 4 is 23.3 Å². The highest BCUT2D eigenvalue weighted by atomic mass is 16.5. The van der Waals surface area contributed by atoms with Crippen LogP contribution < -0.4 is 5.32 Å². The molecule has 2 heterocycles. The maximum atomic E-state index is 13.1. The van der Waals surface area contributed by atoms with Crippen LogP contribution in [0.2, 0.25) is 0 Å². The molecule has 8 heteroatoms. The van der Waals surface area contributed by atoms with Gasteiger partial charge in [-0.1, -0.05) is 19.9 Å². The van der Waals surface area contributed by atoms with Crippen molar-refractivity contribution in [2.45, 2.75) is 64.6 Å². The van der Waals surface area contributed by atoms with Crippen LogP contribution >= 0.6 is 0 Å². The number of fused-ring (bicyclic) bond motifs is 4. The van der Waals surface area contributed by atoms with Crippen LogP contribution in [0.4, 0.5) is 5.69 Å². The van der Waals surface area contributed by atoms with Crippen LogP contribution in [-0.4, -0.2) is 46.7 Å². The molecule has 1 aliphatic carbocycles. The number of hydrogen-bond donors (Lipinski definition) is 3. The van der Waals surface area contributed by atoms with Crippen molar-refractivity contribution in [2.24, 2.45) is 16.7 Å². The molecule has 2 saturated heterocycles. The number of phenolic OH excluding ortho intramolecular Hbond substituents is 2. The van der Waals surface area contributed by atoms with Gasteiger partial charge >= 0.3 is 5.97 Å². The summed E-state index contributed by atoms with van der Waals surface area (Å²) in [5, 5.41) is 22.9. The lowest BCUT2D eigenvalue weighted by atomic mass is 9.52. The molecule has 3 N–H and O–H groups in total. The molecule has 4 rings (SSSR count). The largest absolute Gasteiger partial charge is 0.506 e. The monoisotopic (exact) mass is 457 g/mol. The van der Waals surface area contributed by atoms with E-state index >= 15 is 0 Å². The number of aromatic hydroxyl groups is 2. The van der Waals surface area contributed by atoms with E-state index in [2.05, 4.69) is 23.9 Å². The van der Waals surface area contributed by atoms with Crippen LogP contribution in [0.5, 0.6) is 11.5 Å². The van der Waals surface area contributed by atoms with Crippen LogP contribution in [0.25, 0.3) is 0 Å². The molecule has 1 aromatic rings. The molecule has 178 valence electrons. The lowest BCUT2D eigenvalue weighted by Gasteiger charge is -2.55. The fourth-order valence-electron chi connectivity index (χ4n) is 6.38. The van der Waals surface area contributed by atoms with E-state index in [1.165, 1.54) is 19.2 Å². The van der Waals surface area contributed by atoms with Crippen molar-refractivity contribution in [3.05, 3.63) is 29.8 Å². The number of allylic oxidation sites excluding steroid dienone is 2. The topological polar surface area (TPSA) is 122 Å².